The summed E-state index contributed by atoms with van der Waals surface area (Å²) in [5.41, 5.74) is 19.0. The molecule has 6 aromatic carbocycles. The number of allylic oxidation sites excluding steroid dienone is 3. The van der Waals surface area contributed by atoms with Crippen LogP contribution < -0.4 is 16.2 Å². The Kier molecular flexibility index (Phi) is 9.40. The predicted octanol–water partition coefficient (Wildman–Crippen LogP) is 11.6. The highest BCUT2D eigenvalue weighted by atomic mass is 15.3. The fourth-order valence-corrected chi connectivity index (χ4v) is 6.93. The second-order valence-electron chi connectivity index (χ2n) is 12.4. The van der Waals surface area contributed by atoms with Crippen molar-refractivity contribution in [2.24, 2.45) is 0 Å². The molecule has 1 atom stereocenters. The van der Waals surface area contributed by atoms with Crippen molar-refractivity contribution < 1.29 is 0 Å². The number of hydrogen-bond donors (Lipinski definition) is 3. The molecular weight excluding hydrogens is 597 g/mol. The molecule has 0 aliphatic rings. The summed E-state index contributed by atoms with van der Waals surface area (Å²) in [5, 5.41) is 6.28. The van der Waals surface area contributed by atoms with Gasteiger partial charge in [-0.1, -0.05) is 116 Å². The normalized spacial score (nSPS) is 12.0. The Morgan fingerprint density at radius 3 is 2.12 bits per heavy atom. The summed E-state index contributed by atoms with van der Waals surface area (Å²) in [7, 11) is 1.90. The molecule has 4 heteroatoms. The van der Waals surface area contributed by atoms with Gasteiger partial charge in [0.15, 0.2) is 0 Å². The molecule has 0 saturated carbocycles. The number of aromatic nitrogens is 1. The number of rotatable bonds is 12. The standard InChI is InChI=1S/C45H42N4/c1-4-5-8-17-32(2)39-30-40-37-22-14-16-25-43(37)49(36-20-11-7-12-21-36)44(40)31-42(39)47-35-28-26-34(27-29-35)45(33-18-9-6-10-19-33)38-23-13-15-24-41(38)48-46-3/h4-7,9-16,18-31,45-48H,2,8,17H2,1,3H3/b5-4-. The number of benzene rings is 6. The van der Waals surface area contributed by atoms with Crippen molar-refractivity contribution in [3.05, 3.63) is 187 Å². The number of fused-ring (bicyclic) bond motifs is 3. The molecule has 0 radical (unpaired) electrons. The highest BCUT2D eigenvalue weighted by molar-refractivity contribution is 6.11. The molecule has 0 aliphatic heterocycles. The Labute approximate surface area is 289 Å². The van der Waals surface area contributed by atoms with Gasteiger partial charge in [0, 0.05) is 46.4 Å². The van der Waals surface area contributed by atoms with Gasteiger partial charge in [0.2, 0.25) is 0 Å². The zero-order valence-corrected chi connectivity index (χ0v) is 28.2. The first-order valence-electron chi connectivity index (χ1n) is 17.0. The smallest absolute Gasteiger partial charge is 0.0562 e. The predicted molar refractivity (Wildman–Crippen MR) is 210 cm³/mol. The minimum absolute atomic E-state index is 0.0622. The molecule has 1 heterocycles. The SMILES string of the molecule is C=C(CC/C=C\C)c1cc2c3ccccc3n(-c3ccccc3)c2cc1Nc1ccc(C(c2ccccc2)c2ccccc2NNC)cc1. The molecule has 4 nitrogen and oxygen atoms in total. The van der Waals surface area contributed by atoms with E-state index in [4.69, 9.17) is 0 Å². The molecule has 0 bridgehead atoms. The summed E-state index contributed by atoms with van der Waals surface area (Å²) >= 11 is 0. The van der Waals surface area contributed by atoms with Crippen molar-refractivity contribution in [1.29, 1.82) is 0 Å². The van der Waals surface area contributed by atoms with E-state index in [1.54, 1.807) is 0 Å². The highest BCUT2D eigenvalue weighted by Crippen LogP contribution is 2.40. The Morgan fingerprint density at radius 2 is 1.37 bits per heavy atom. The highest BCUT2D eigenvalue weighted by Gasteiger charge is 2.21. The van der Waals surface area contributed by atoms with Crippen LogP contribution in [0.1, 0.15) is 47.9 Å². The third-order valence-corrected chi connectivity index (χ3v) is 9.24. The lowest BCUT2D eigenvalue weighted by Crippen LogP contribution is -2.17. The first kappa shape index (κ1) is 31.7. The molecule has 0 spiro atoms. The summed E-state index contributed by atoms with van der Waals surface area (Å²) < 4.78 is 2.37. The van der Waals surface area contributed by atoms with E-state index >= 15 is 0 Å². The van der Waals surface area contributed by atoms with Crippen molar-refractivity contribution in [3.8, 4) is 5.69 Å². The number of hydrogen-bond acceptors (Lipinski definition) is 3. The first-order chi connectivity index (χ1) is 24.2. The van der Waals surface area contributed by atoms with Crippen LogP contribution in [0.15, 0.2) is 164 Å². The fraction of sp³-hybridized carbons (Fsp3) is 0.111. The van der Waals surface area contributed by atoms with Gasteiger partial charge in [0.05, 0.1) is 16.7 Å². The van der Waals surface area contributed by atoms with Crippen LogP contribution in [0.25, 0.3) is 33.1 Å². The summed E-state index contributed by atoms with van der Waals surface area (Å²) in [6.07, 6.45) is 6.17. The van der Waals surface area contributed by atoms with Gasteiger partial charge in [-0.25, -0.2) is 5.43 Å². The average Bonchev–Trinajstić information content (AvgIpc) is 3.47. The molecule has 3 N–H and O–H groups in total. The maximum absolute atomic E-state index is 4.59. The minimum Gasteiger partial charge on any atom is -0.355 e. The van der Waals surface area contributed by atoms with Gasteiger partial charge < -0.3 is 15.3 Å². The van der Waals surface area contributed by atoms with Gasteiger partial charge in [-0.05, 0) is 90.6 Å². The average molecular weight is 639 g/mol. The zero-order valence-electron chi connectivity index (χ0n) is 28.2. The van der Waals surface area contributed by atoms with Crippen molar-refractivity contribution in [1.82, 2.24) is 9.99 Å². The molecule has 7 rings (SSSR count). The number of para-hydroxylation sites is 3. The second-order valence-corrected chi connectivity index (χ2v) is 12.4. The van der Waals surface area contributed by atoms with Gasteiger partial charge in [0.1, 0.15) is 0 Å². The molecule has 0 saturated heterocycles. The quantitative estimate of drug-likeness (QED) is 0.0708. The molecule has 0 aliphatic carbocycles. The summed E-state index contributed by atoms with van der Waals surface area (Å²) in [5.74, 6) is 0.0622. The first-order valence-corrected chi connectivity index (χ1v) is 17.0. The number of nitrogens with zero attached hydrogens (tertiary/aromatic N) is 1. The van der Waals surface area contributed by atoms with E-state index in [0.29, 0.717) is 0 Å². The summed E-state index contributed by atoms with van der Waals surface area (Å²) in [6, 6.07) is 52.0. The molecule has 1 unspecified atom stereocenters. The number of hydrazine groups is 1. The van der Waals surface area contributed by atoms with Gasteiger partial charge >= 0.3 is 0 Å². The lowest BCUT2D eigenvalue weighted by atomic mass is 9.84. The van der Waals surface area contributed by atoms with E-state index < -0.39 is 0 Å². The van der Waals surface area contributed by atoms with E-state index in [2.05, 4.69) is 192 Å². The number of nitrogens with one attached hydrogen (secondary N) is 3. The lowest BCUT2D eigenvalue weighted by Gasteiger charge is -2.23. The van der Waals surface area contributed by atoms with Crippen LogP contribution in [0.3, 0.4) is 0 Å². The van der Waals surface area contributed by atoms with Crippen molar-refractivity contribution in [2.45, 2.75) is 25.7 Å². The van der Waals surface area contributed by atoms with Crippen LogP contribution >= 0.6 is 0 Å². The molecule has 0 fully saturated rings. The van der Waals surface area contributed by atoms with Gasteiger partial charge in [-0.15, -0.1) is 0 Å². The van der Waals surface area contributed by atoms with E-state index in [9.17, 15) is 0 Å². The Balaban J connectivity index is 1.32. The summed E-state index contributed by atoms with van der Waals surface area (Å²) in [6.45, 7) is 6.66. The molecule has 7 aromatic rings. The molecule has 49 heavy (non-hydrogen) atoms. The van der Waals surface area contributed by atoms with Gasteiger partial charge in [0.25, 0.3) is 0 Å². The Hall–Kier alpha value is -5.84. The largest absolute Gasteiger partial charge is 0.355 e. The Bertz CT molecular complexity index is 2230. The third kappa shape index (κ3) is 6.52. The summed E-state index contributed by atoms with van der Waals surface area (Å²) in [4.78, 5) is 0. The van der Waals surface area contributed by atoms with Gasteiger partial charge in [-0.3, -0.25) is 0 Å². The minimum atomic E-state index is 0.0622. The van der Waals surface area contributed by atoms with Crippen molar-refractivity contribution in [2.75, 3.05) is 17.8 Å². The third-order valence-electron chi connectivity index (χ3n) is 9.24. The van der Waals surface area contributed by atoms with E-state index in [1.165, 1.54) is 33.0 Å². The maximum atomic E-state index is 4.59. The van der Waals surface area contributed by atoms with Crippen LogP contribution in [-0.2, 0) is 0 Å². The molecule has 1 aromatic heterocycles. The number of anilines is 3. The van der Waals surface area contributed by atoms with Gasteiger partial charge in [-0.2, -0.15) is 0 Å². The van der Waals surface area contributed by atoms with Crippen LogP contribution in [0, 0.1) is 0 Å². The molecular formula is C45H42N4. The van der Waals surface area contributed by atoms with Crippen LogP contribution in [-0.4, -0.2) is 11.6 Å². The monoisotopic (exact) mass is 638 g/mol. The van der Waals surface area contributed by atoms with Crippen molar-refractivity contribution in [3.63, 3.8) is 0 Å². The van der Waals surface area contributed by atoms with E-state index in [-0.39, 0.29) is 5.92 Å². The second kappa shape index (κ2) is 14.5. The van der Waals surface area contributed by atoms with Crippen LogP contribution in [0.4, 0.5) is 17.1 Å². The Morgan fingerprint density at radius 1 is 0.694 bits per heavy atom. The molecule has 242 valence electrons. The zero-order chi connectivity index (χ0) is 33.6. The topological polar surface area (TPSA) is 41.0 Å². The van der Waals surface area contributed by atoms with Crippen LogP contribution in [0.5, 0.6) is 0 Å². The van der Waals surface area contributed by atoms with E-state index in [1.807, 2.05) is 7.05 Å². The van der Waals surface area contributed by atoms with Crippen LogP contribution in [0.2, 0.25) is 0 Å². The van der Waals surface area contributed by atoms with E-state index in [0.717, 1.165) is 52.2 Å². The molecule has 0 amide bonds. The van der Waals surface area contributed by atoms with Crippen molar-refractivity contribution >= 4 is 44.4 Å². The lowest BCUT2D eigenvalue weighted by molar-refractivity contribution is 0.938. The maximum Gasteiger partial charge on any atom is 0.0562 e. The fourth-order valence-electron chi connectivity index (χ4n) is 6.93.